The molecular weight excluding hydrogens is 204 g/mol. The first-order valence-corrected chi connectivity index (χ1v) is 6.30. The van der Waals surface area contributed by atoms with Crippen molar-refractivity contribution in [2.24, 2.45) is 11.7 Å². The Morgan fingerprint density at radius 3 is 3.00 bits per heavy atom. The molecule has 0 aliphatic carbocycles. The number of carbonyl (C=O) groups excluding carboxylic acids is 1. The number of rotatable bonds is 6. The van der Waals surface area contributed by atoms with Crippen molar-refractivity contribution in [3.63, 3.8) is 0 Å². The average molecular weight is 228 g/mol. The van der Waals surface area contributed by atoms with Gasteiger partial charge in [0.1, 0.15) is 0 Å². The highest BCUT2D eigenvalue weighted by Crippen LogP contribution is 2.21. The van der Waals surface area contributed by atoms with Gasteiger partial charge in [-0.3, -0.25) is 4.79 Å². The van der Waals surface area contributed by atoms with Crippen molar-refractivity contribution in [1.29, 1.82) is 0 Å². The molecule has 4 heteroatoms. The second kappa shape index (κ2) is 6.86. The average Bonchev–Trinajstić information content (AvgIpc) is 2.26. The highest BCUT2D eigenvalue weighted by molar-refractivity contribution is 5.73. The minimum Gasteiger partial charge on any atom is -0.392 e. The lowest BCUT2D eigenvalue weighted by Gasteiger charge is -2.33. The van der Waals surface area contributed by atoms with Crippen LogP contribution >= 0.6 is 0 Å². The maximum Gasteiger partial charge on any atom is 0.217 e. The topological polar surface area (TPSA) is 66.6 Å². The Hall–Kier alpha value is -0.610. The molecule has 0 aromatic rings. The van der Waals surface area contributed by atoms with Gasteiger partial charge in [0.25, 0.3) is 0 Å². The van der Waals surface area contributed by atoms with Crippen LogP contribution in [0.15, 0.2) is 0 Å². The summed E-state index contributed by atoms with van der Waals surface area (Å²) < 4.78 is 0. The Morgan fingerprint density at radius 2 is 2.38 bits per heavy atom. The number of aliphatic hydroxyl groups excluding tert-OH is 1. The maximum absolute atomic E-state index is 10.7. The van der Waals surface area contributed by atoms with Crippen molar-refractivity contribution < 1.29 is 9.90 Å². The van der Waals surface area contributed by atoms with Gasteiger partial charge in [-0.1, -0.05) is 6.92 Å². The van der Waals surface area contributed by atoms with Crippen LogP contribution in [-0.2, 0) is 4.79 Å². The molecule has 1 heterocycles. The lowest BCUT2D eigenvalue weighted by atomic mass is 9.93. The van der Waals surface area contributed by atoms with Gasteiger partial charge in [-0.25, -0.2) is 0 Å². The van der Waals surface area contributed by atoms with Gasteiger partial charge in [0, 0.05) is 19.5 Å². The number of carbonyl (C=O) groups is 1. The van der Waals surface area contributed by atoms with Crippen molar-refractivity contribution in [3.05, 3.63) is 0 Å². The zero-order valence-corrected chi connectivity index (χ0v) is 10.2. The van der Waals surface area contributed by atoms with E-state index >= 15 is 0 Å². The lowest BCUT2D eigenvalue weighted by Crippen LogP contribution is -2.40. The number of hydrogen-bond donors (Lipinski definition) is 2. The fourth-order valence-electron chi connectivity index (χ4n) is 2.33. The number of amides is 1. The monoisotopic (exact) mass is 228 g/mol. The molecule has 0 aromatic carbocycles. The summed E-state index contributed by atoms with van der Waals surface area (Å²) in [6.45, 7) is 4.84. The largest absolute Gasteiger partial charge is 0.392 e. The summed E-state index contributed by atoms with van der Waals surface area (Å²) in [4.78, 5) is 13.0. The molecule has 4 nitrogen and oxygen atoms in total. The van der Waals surface area contributed by atoms with Gasteiger partial charge in [0.2, 0.25) is 5.91 Å². The van der Waals surface area contributed by atoms with Crippen LogP contribution in [0.2, 0.25) is 0 Å². The molecular formula is C12H24N2O2. The molecule has 0 saturated carbocycles. The Bertz CT molecular complexity index is 221. The second-order valence-corrected chi connectivity index (χ2v) is 4.83. The van der Waals surface area contributed by atoms with E-state index in [1.54, 1.807) is 0 Å². The quantitative estimate of drug-likeness (QED) is 0.704. The molecule has 1 amide bonds. The van der Waals surface area contributed by atoms with E-state index in [-0.39, 0.29) is 12.0 Å². The molecule has 0 bridgehead atoms. The number of primary amides is 1. The van der Waals surface area contributed by atoms with Crippen LogP contribution in [0.3, 0.4) is 0 Å². The standard InChI is InChI=1S/C12H24N2O2/c1-2-11(15)9-14-7-3-4-10(8-14)5-6-12(13)16/h10-11,15H,2-9H2,1H3,(H2,13,16). The number of nitrogens with two attached hydrogens (primary N) is 1. The predicted octanol–water partition coefficient (Wildman–Crippen LogP) is 0.735. The molecule has 3 N–H and O–H groups in total. The van der Waals surface area contributed by atoms with E-state index < -0.39 is 0 Å². The SMILES string of the molecule is CCC(O)CN1CCCC(CCC(N)=O)C1. The Labute approximate surface area is 97.8 Å². The molecule has 1 fully saturated rings. The Morgan fingerprint density at radius 1 is 1.62 bits per heavy atom. The summed E-state index contributed by atoms with van der Waals surface area (Å²) in [6, 6.07) is 0. The fourth-order valence-corrected chi connectivity index (χ4v) is 2.33. The van der Waals surface area contributed by atoms with Crippen LogP contribution in [0.25, 0.3) is 0 Å². The number of likely N-dealkylation sites (tertiary alicyclic amines) is 1. The summed E-state index contributed by atoms with van der Waals surface area (Å²) in [7, 11) is 0. The molecule has 1 aliphatic heterocycles. The molecule has 1 saturated heterocycles. The Balaban J connectivity index is 2.26. The van der Waals surface area contributed by atoms with Gasteiger partial charge in [-0.2, -0.15) is 0 Å². The minimum absolute atomic E-state index is 0.203. The van der Waals surface area contributed by atoms with E-state index in [0.29, 0.717) is 12.3 Å². The number of piperidine rings is 1. The van der Waals surface area contributed by atoms with Crippen molar-refractivity contribution in [2.45, 2.75) is 45.1 Å². The van der Waals surface area contributed by atoms with Crippen molar-refractivity contribution in [1.82, 2.24) is 4.90 Å². The van der Waals surface area contributed by atoms with Crippen LogP contribution in [0, 0.1) is 5.92 Å². The first-order valence-electron chi connectivity index (χ1n) is 6.30. The van der Waals surface area contributed by atoms with E-state index in [2.05, 4.69) is 4.90 Å². The summed E-state index contributed by atoms with van der Waals surface area (Å²) in [5.41, 5.74) is 5.15. The number of nitrogens with zero attached hydrogens (tertiary/aromatic N) is 1. The molecule has 16 heavy (non-hydrogen) atoms. The van der Waals surface area contributed by atoms with Gasteiger partial charge < -0.3 is 15.7 Å². The Kier molecular flexibility index (Phi) is 5.77. The maximum atomic E-state index is 10.7. The van der Waals surface area contributed by atoms with Gasteiger partial charge in [0.15, 0.2) is 0 Å². The van der Waals surface area contributed by atoms with Crippen LogP contribution < -0.4 is 5.73 Å². The molecule has 2 unspecified atom stereocenters. The third kappa shape index (κ3) is 4.94. The number of β-amino-alcohol motifs (C(OH)–C–C–N with tert-alkyl or cyclic N) is 1. The highest BCUT2D eigenvalue weighted by atomic mass is 16.3. The number of hydrogen-bond acceptors (Lipinski definition) is 3. The molecule has 1 aliphatic rings. The summed E-state index contributed by atoms with van der Waals surface area (Å²) >= 11 is 0. The van der Waals surface area contributed by atoms with Gasteiger partial charge in [-0.15, -0.1) is 0 Å². The molecule has 94 valence electrons. The lowest BCUT2D eigenvalue weighted by molar-refractivity contribution is -0.118. The second-order valence-electron chi connectivity index (χ2n) is 4.83. The van der Waals surface area contributed by atoms with E-state index in [4.69, 9.17) is 5.73 Å². The van der Waals surface area contributed by atoms with Crippen molar-refractivity contribution in [2.75, 3.05) is 19.6 Å². The van der Waals surface area contributed by atoms with Crippen LogP contribution in [0.4, 0.5) is 0 Å². The zero-order valence-electron chi connectivity index (χ0n) is 10.2. The van der Waals surface area contributed by atoms with Gasteiger partial charge in [-0.05, 0) is 38.1 Å². The molecule has 0 radical (unpaired) electrons. The van der Waals surface area contributed by atoms with Gasteiger partial charge in [0.05, 0.1) is 6.10 Å². The highest BCUT2D eigenvalue weighted by Gasteiger charge is 2.21. The predicted molar refractivity (Wildman–Crippen MR) is 63.9 cm³/mol. The van der Waals surface area contributed by atoms with Crippen LogP contribution in [-0.4, -0.2) is 41.7 Å². The first-order chi connectivity index (χ1) is 7.61. The number of aliphatic hydroxyl groups is 1. The smallest absolute Gasteiger partial charge is 0.217 e. The van der Waals surface area contributed by atoms with E-state index in [1.165, 1.54) is 12.8 Å². The van der Waals surface area contributed by atoms with Crippen LogP contribution in [0.1, 0.15) is 39.0 Å². The summed E-state index contributed by atoms with van der Waals surface area (Å²) in [6.07, 6.45) is 4.34. The molecule has 0 aromatic heterocycles. The fraction of sp³-hybridized carbons (Fsp3) is 0.917. The van der Waals surface area contributed by atoms with Crippen molar-refractivity contribution >= 4 is 5.91 Å². The minimum atomic E-state index is -0.213. The van der Waals surface area contributed by atoms with Crippen LogP contribution in [0.5, 0.6) is 0 Å². The van der Waals surface area contributed by atoms with Crippen molar-refractivity contribution in [3.8, 4) is 0 Å². The van der Waals surface area contributed by atoms with E-state index in [9.17, 15) is 9.90 Å². The third-order valence-electron chi connectivity index (χ3n) is 3.34. The third-order valence-corrected chi connectivity index (χ3v) is 3.34. The molecule has 2 atom stereocenters. The zero-order chi connectivity index (χ0) is 12.0. The normalized spacial score (nSPS) is 24.2. The summed E-state index contributed by atoms with van der Waals surface area (Å²) in [5.74, 6) is 0.371. The summed E-state index contributed by atoms with van der Waals surface area (Å²) in [5, 5.41) is 9.60. The molecule has 1 rings (SSSR count). The van der Waals surface area contributed by atoms with E-state index in [0.717, 1.165) is 32.5 Å². The first kappa shape index (κ1) is 13.5. The van der Waals surface area contributed by atoms with Gasteiger partial charge >= 0.3 is 0 Å². The van der Waals surface area contributed by atoms with E-state index in [1.807, 2.05) is 6.92 Å². The molecule has 0 spiro atoms.